The van der Waals surface area contributed by atoms with Crippen molar-refractivity contribution in [3.63, 3.8) is 0 Å². The van der Waals surface area contributed by atoms with Gasteiger partial charge in [0, 0.05) is 23.5 Å². The first kappa shape index (κ1) is 9.42. The average Bonchev–Trinajstić information content (AvgIpc) is 2.82. The number of carbonyl (C=O) groups is 1. The number of hydrazine groups is 1. The van der Waals surface area contributed by atoms with Crippen LogP contribution in [0.5, 0.6) is 0 Å². The van der Waals surface area contributed by atoms with Crippen LogP contribution in [-0.4, -0.2) is 15.9 Å². The third-order valence-electron chi connectivity index (χ3n) is 2.05. The van der Waals surface area contributed by atoms with Crippen LogP contribution in [0.4, 0.5) is 0 Å². The number of aromatic amines is 1. The van der Waals surface area contributed by atoms with Crippen LogP contribution in [-0.2, 0) is 0 Å². The van der Waals surface area contributed by atoms with Crippen molar-refractivity contribution in [2.24, 2.45) is 5.84 Å². The molecule has 0 spiro atoms. The summed E-state index contributed by atoms with van der Waals surface area (Å²) in [5, 5.41) is 0. The number of aromatic nitrogens is 2. The summed E-state index contributed by atoms with van der Waals surface area (Å²) in [5.41, 5.74) is 3.52. The van der Waals surface area contributed by atoms with E-state index >= 15 is 0 Å². The molecule has 4 N–H and O–H groups in total. The summed E-state index contributed by atoms with van der Waals surface area (Å²) in [4.78, 5) is 18.2. The molecule has 0 bridgehead atoms. The van der Waals surface area contributed by atoms with E-state index in [-0.39, 0.29) is 5.91 Å². The lowest BCUT2D eigenvalue weighted by Crippen LogP contribution is -2.29. The zero-order valence-electron chi connectivity index (χ0n) is 7.90. The van der Waals surface area contributed by atoms with E-state index in [1.165, 1.54) is 0 Å². The Kier molecular flexibility index (Phi) is 2.47. The standard InChI is InChI=1S/C10H10N4O/c11-14-10(15)8-3-1-7(2-4-8)9-12-5-6-13-9/h1-6H,11H2,(H,12,13)(H,14,15). The highest BCUT2D eigenvalue weighted by Gasteiger charge is 2.04. The van der Waals surface area contributed by atoms with E-state index < -0.39 is 0 Å². The van der Waals surface area contributed by atoms with Crippen LogP contribution in [0, 0.1) is 0 Å². The predicted octanol–water partition coefficient (Wildman–Crippen LogP) is 0.680. The Morgan fingerprint density at radius 2 is 2.07 bits per heavy atom. The van der Waals surface area contributed by atoms with Crippen LogP contribution in [0.15, 0.2) is 36.7 Å². The molecular formula is C10H10N4O. The summed E-state index contributed by atoms with van der Waals surface area (Å²) in [5.74, 6) is 5.49. The SMILES string of the molecule is NNC(=O)c1ccc(-c2ncc[nH]2)cc1. The summed E-state index contributed by atoms with van der Waals surface area (Å²) in [6.45, 7) is 0. The number of hydrogen-bond donors (Lipinski definition) is 3. The van der Waals surface area contributed by atoms with E-state index in [0.717, 1.165) is 11.4 Å². The summed E-state index contributed by atoms with van der Waals surface area (Å²) in [6.07, 6.45) is 3.42. The van der Waals surface area contributed by atoms with Gasteiger partial charge in [0.1, 0.15) is 5.82 Å². The second kappa shape index (κ2) is 3.93. The highest BCUT2D eigenvalue weighted by molar-refractivity contribution is 5.94. The van der Waals surface area contributed by atoms with E-state index in [0.29, 0.717) is 5.56 Å². The maximum Gasteiger partial charge on any atom is 0.265 e. The number of nitrogen functional groups attached to an aromatic ring is 1. The maximum atomic E-state index is 11.2. The van der Waals surface area contributed by atoms with Gasteiger partial charge in [-0.05, 0) is 12.1 Å². The molecule has 0 saturated carbocycles. The van der Waals surface area contributed by atoms with Crippen molar-refractivity contribution in [3.05, 3.63) is 42.2 Å². The Morgan fingerprint density at radius 3 is 2.60 bits per heavy atom. The van der Waals surface area contributed by atoms with Gasteiger partial charge in [0.2, 0.25) is 0 Å². The molecular weight excluding hydrogens is 192 g/mol. The molecule has 1 aromatic heterocycles. The highest BCUT2D eigenvalue weighted by Crippen LogP contribution is 2.14. The molecule has 1 amide bonds. The number of H-pyrrole nitrogens is 1. The van der Waals surface area contributed by atoms with Gasteiger partial charge < -0.3 is 4.98 Å². The van der Waals surface area contributed by atoms with Crippen molar-refractivity contribution in [1.29, 1.82) is 0 Å². The van der Waals surface area contributed by atoms with E-state index in [9.17, 15) is 4.79 Å². The van der Waals surface area contributed by atoms with Crippen molar-refractivity contribution in [2.45, 2.75) is 0 Å². The van der Waals surface area contributed by atoms with Crippen LogP contribution in [0.25, 0.3) is 11.4 Å². The minimum absolute atomic E-state index is 0.305. The number of hydrogen-bond acceptors (Lipinski definition) is 3. The fourth-order valence-corrected chi connectivity index (χ4v) is 1.29. The topological polar surface area (TPSA) is 83.8 Å². The first-order valence-corrected chi connectivity index (χ1v) is 4.42. The van der Waals surface area contributed by atoms with Gasteiger partial charge in [0.05, 0.1) is 0 Å². The smallest absolute Gasteiger partial charge is 0.265 e. The molecule has 0 aliphatic carbocycles. The van der Waals surface area contributed by atoms with Crippen LogP contribution < -0.4 is 11.3 Å². The molecule has 0 saturated heterocycles. The minimum Gasteiger partial charge on any atom is -0.345 e. The highest BCUT2D eigenvalue weighted by atomic mass is 16.2. The van der Waals surface area contributed by atoms with E-state index in [1.807, 2.05) is 12.1 Å². The van der Waals surface area contributed by atoms with E-state index in [2.05, 4.69) is 15.4 Å². The quantitative estimate of drug-likeness (QED) is 0.380. The number of nitrogens with two attached hydrogens (primary N) is 1. The molecule has 2 aromatic rings. The first-order chi connectivity index (χ1) is 7.31. The number of benzene rings is 1. The van der Waals surface area contributed by atoms with Crippen molar-refractivity contribution in [3.8, 4) is 11.4 Å². The largest absolute Gasteiger partial charge is 0.345 e. The number of nitrogens with zero attached hydrogens (tertiary/aromatic N) is 1. The fraction of sp³-hybridized carbons (Fsp3) is 0. The lowest BCUT2D eigenvalue weighted by Gasteiger charge is -2.00. The molecule has 0 aliphatic heterocycles. The maximum absolute atomic E-state index is 11.2. The van der Waals surface area contributed by atoms with Gasteiger partial charge in [-0.25, -0.2) is 10.8 Å². The molecule has 0 unspecified atom stereocenters. The molecule has 15 heavy (non-hydrogen) atoms. The van der Waals surface area contributed by atoms with Gasteiger partial charge in [-0.3, -0.25) is 10.2 Å². The second-order valence-electron chi connectivity index (χ2n) is 2.99. The zero-order chi connectivity index (χ0) is 10.7. The van der Waals surface area contributed by atoms with Crippen LogP contribution >= 0.6 is 0 Å². The number of rotatable bonds is 2. The molecule has 0 fully saturated rings. The summed E-state index contributed by atoms with van der Waals surface area (Å²) < 4.78 is 0. The summed E-state index contributed by atoms with van der Waals surface area (Å²) in [7, 11) is 0. The Balaban J connectivity index is 2.29. The Bertz CT molecular complexity index is 447. The van der Waals surface area contributed by atoms with Gasteiger partial charge in [0.15, 0.2) is 0 Å². The van der Waals surface area contributed by atoms with E-state index in [4.69, 9.17) is 5.84 Å². The fourth-order valence-electron chi connectivity index (χ4n) is 1.29. The third kappa shape index (κ3) is 1.87. The van der Waals surface area contributed by atoms with Crippen molar-refractivity contribution >= 4 is 5.91 Å². The van der Waals surface area contributed by atoms with Crippen molar-refractivity contribution in [2.75, 3.05) is 0 Å². The first-order valence-electron chi connectivity index (χ1n) is 4.42. The van der Waals surface area contributed by atoms with Crippen molar-refractivity contribution in [1.82, 2.24) is 15.4 Å². The summed E-state index contributed by atoms with van der Waals surface area (Å²) in [6, 6.07) is 7.01. The number of carbonyl (C=O) groups excluding carboxylic acids is 1. The summed E-state index contributed by atoms with van der Waals surface area (Å²) >= 11 is 0. The second-order valence-corrected chi connectivity index (χ2v) is 2.99. The van der Waals surface area contributed by atoms with Gasteiger partial charge >= 0.3 is 0 Å². The van der Waals surface area contributed by atoms with Crippen LogP contribution in [0.1, 0.15) is 10.4 Å². The lowest BCUT2D eigenvalue weighted by molar-refractivity contribution is 0.0953. The number of nitrogens with one attached hydrogen (secondary N) is 2. The molecule has 76 valence electrons. The van der Waals surface area contributed by atoms with Gasteiger partial charge in [-0.1, -0.05) is 12.1 Å². The van der Waals surface area contributed by atoms with Gasteiger partial charge in [0.25, 0.3) is 5.91 Å². The molecule has 5 heteroatoms. The average molecular weight is 202 g/mol. The van der Waals surface area contributed by atoms with Gasteiger partial charge in [-0.2, -0.15) is 0 Å². The molecule has 0 aliphatic rings. The van der Waals surface area contributed by atoms with Gasteiger partial charge in [-0.15, -0.1) is 0 Å². The molecule has 0 radical (unpaired) electrons. The van der Waals surface area contributed by atoms with Crippen LogP contribution in [0.3, 0.4) is 0 Å². The predicted molar refractivity (Wildman–Crippen MR) is 55.7 cm³/mol. The normalized spacial score (nSPS) is 9.93. The monoisotopic (exact) mass is 202 g/mol. The molecule has 1 heterocycles. The van der Waals surface area contributed by atoms with E-state index in [1.54, 1.807) is 24.5 Å². The minimum atomic E-state index is -0.305. The lowest BCUT2D eigenvalue weighted by atomic mass is 10.1. The van der Waals surface area contributed by atoms with Crippen LogP contribution in [0.2, 0.25) is 0 Å². The Hall–Kier alpha value is -2.14. The third-order valence-corrected chi connectivity index (χ3v) is 2.05. The molecule has 5 nitrogen and oxygen atoms in total. The Morgan fingerprint density at radius 1 is 1.33 bits per heavy atom. The number of amides is 1. The Labute approximate surface area is 86.3 Å². The molecule has 0 atom stereocenters. The van der Waals surface area contributed by atoms with Crippen molar-refractivity contribution < 1.29 is 4.79 Å². The zero-order valence-corrected chi connectivity index (χ0v) is 7.90. The number of imidazole rings is 1. The molecule has 1 aromatic carbocycles. The molecule has 2 rings (SSSR count).